The van der Waals surface area contributed by atoms with Crippen LogP contribution in [-0.2, 0) is 6.42 Å². The number of carbonyl (C=O) groups excluding carboxylic acids is 1. The van der Waals surface area contributed by atoms with Crippen LogP contribution in [0.1, 0.15) is 137 Å². The van der Waals surface area contributed by atoms with Gasteiger partial charge in [0.2, 0.25) is 0 Å². The first-order valence-electron chi connectivity index (χ1n) is 14.9. The SMILES string of the molecule is CCCCCCCCCc1ccc(OC(=O)c2ccc(C3CCC(CC(C)CC)CC3)cc2)c(C#N)c1. The zero-order valence-electron chi connectivity index (χ0n) is 23.4. The van der Waals surface area contributed by atoms with Crippen molar-refractivity contribution >= 4 is 5.97 Å². The van der Waals surface area contributed by atoms with Gasteiger partial charge in [-0.3, -0.25) is 0 Å². The molecule has 0 aliphatic heterocycles. The predicted octanol–water partition coefficient (Wildman–Crippen LogP) is 9.78. The summed E-state index contributed by atoms with van der Waals surface area (Å²) in [5, 5.41) is 9.64. The van der Waals surface area contributed by atoms with Gasteiger partial charge < -0.3 is 4.74 Å². The number of hydrogen-bond acceptors (Lipinski definition) is 3. The number of esters is 1. The maximum atomic E-state index is 12.8. The normalized spacial score (nSPS) is 18.2. The van der Waals surface area contributed by atoms with Gasteiger partial charge in [0.1, 0.15) is 11.8 Å². The zero-order chi connectivity index (χ0) is 26.5. The standard InChI is InChI=1S/C34H47NO2/c1-4-6-7-8-9-10-11-12-27-15-22-33(32(24-27)25-35)37-34(36)31-20-18-30(19-21-31)29-16-13-28(14-17-29)23-26(3)5-2/h15,18-22,24,26,28-29H,4-14,16-17,23H2,1-3H3. The smallest absolute Gasteiger partial charge is 0.343 e. The van der Waals surface area contributed by atoms with E-state index in [0.29, 0.717) is 22.8 Å². The summed E-state index contributed by atoms with van der Waals surface area (Å²) in [5.74, 6) is 2.23. The van der Waals surface area contributed by atoms with Crippen LogP contribution >= 0.6 is 0 Å². The summed E-state index contributed by atoms with van der Waals surface area (Å²) < 4.78 is 5.64. The first-order chi connectivity index (χ1) is 18.0. The minimum absolute atomic E-state index is 0.347. The lowest BCUT2D eigenvalue weighted by atomic mass is 9.75. The molecular formula is C34H47NO2. The van der Waals surface area contributed by atoms with Crippen LogP contribution < -0.4 is 4.74 Å². The maximum Gasteiger partial charge on any atom is 0.343 e. The highest BCUT2D eigenvalue weighted by Gasteiger charge is 2.23. The Bertz CT molecular complexity index is 995. The number of benzene rings is 2. The molecule has 3 heteroatoms. The van der Waals surface area contributed by atoms with E-state index >= 15 is 0 Å². The van der Waals surface area contributed by atoms with Gasteiger partial charge in [0, 0.05) is 0 Å². The Morgan fingerprint density at radius 3 is 2.27 bits per heavy atom. The van der Waals surface area contributed by atoms with Gasteiger partial charge in [-0.05, 0) is 98.1 Å². The van der Waals surface area contributed by atoms with Gasteiger partial charge in [0.25, 0.3) is 0 Å². The number of unbranched alkanes of at least 4 members (excludes halogenated alkanes) is 6. The molecule has 0 spiro atoms. The fourth-order valence-electron chi connectivity index (χ4n) is 5.71. The second-order valence-electron chi connectivity index (χ2n) is 11.3. The highest BCUT2D eigenvalue weighted by molar-refractivity contribution is 5.91. The number of aryl methyl sites for hydroxylation is 1. The van der Waals surface area contributed by atoms with Crippen LogP contribution in [0.3, 0.4) is 0 Å². The van der Waals surface area contributed by atoms with Gasteiger partial charge in [0.15, 0.2) is 0 Å². The summed E-state index contributed by atoms with van der Waals surface area (Å²) in [7, 11) is 0. The molecule has 0 aromatic heterocycles. The molecule has 0 saturated heterocycles. The van der Waals surface area contributed by atoms with Crippen molar-refractivity contribution in [3.63, 3.8) is 0 Å². The Kier molecular flexibility index (Phi) is 12.2. The number of rotatable bonds is 14. The molecule has 0 bridgehead atoms. The second kappa shape index (κ2) is 15.6. The molecule has 200 valence electrons. The Morgan fingerprint density at radius 1 is 0.946 bits per heavy atom. The second-order valence-corrected chi connectivity index (χ2v) is 11.3. The number of hydrogen-bond donors (Lipinski definition) is 0. The van der Waals surface area contributed by atoms with Crippen LogP contribution in [0.4, 0.5) is 0 Å². The van der Waals surface area contributed by atoms with E-state index < -0.39 is 5.97 Å². The highest BCUT2D eigenvalue weighted by atomic mass is 16.5. The molecule has 0 amide bonds. The summed E-state index contributed by atoms with van der Waals surface area (Å²) in [5.41, 5.74) is 3.42. The van der Waals surface area contributed by atoms with Crippen molar-refractivity contribution in [2.45, 2.75) is 117 Å². The van der Waals surface area contributed by atoms with Gasteiger partial charge in [-0.15, -0.1) is 0 Å². The minimum atomic E-state index is -0.403. The van der Waals surface area contributed by atoms with Crippen molar-refractivity contribution in [2.24, 2.45) is 11.8 Å². The Labute approximate surface area is 225 Å². The maximum absolute atomic E-state index is 12.8. The number of nitrogens with zero attached hydrogens (tertiary/aromatic N) is 1. The van der Waals surface area contributed by atoms with Crippen LogP contribution in [-0.4, -0.2) is 5.97 Å². The van der Waals surface area contributed by atoms with E-state index in [9.17, 15) is 10.1 Å². The zero-order valence-corrected chi connectivity index (χ0v) is 23.4. The topological polar surface area (TPSA) is 50.1 Å². The van der Waals surface area contributed by atoms with E-state index in [4.69, 9.17) is 4.74 Å². The molecular weight excluding hydrogens is 454 g/mol. The third kappa shape index (κ3) is 9.33. The lowest BCUT2D eigenvalue weighted by Gasteiger charge is -2.30. The van der Waals surface area contributed by atoms with Gasteiger partial charge in [-0.2, -0.15) is 5.26 Å². The quantitative estimate of drug-likeness (QED) is 0.147. The molecule has 1 fully saturated rings. The Morgan fingerprint density at radius 2 is 1.62 bits per heavy atom. The largest absolute Gasteiger partial charge is 0.422 e. The molecule has 0 N–H and O–H groups in total. The van der Waals surface area contributed by atoms with Crippen molar-refractivity contribution in [3.8, 4) is 11.8 Å². The summed E-state index contributed by atoms with van der Waals surface area (Å²) in [6, 6.07) is 15.8. The number of nitriles is 1. The predicted molar refractivity (Wildman–Crippen MR) is 153 cm³/mol. The molecule has 3 rings (SSSR count). The van der Waals surface area contributed by atoms with E-state index in [1.807, 2.05) is 24.3 Å². The minimum Gasteiger partial charge on any atom is -0.422 e. The molecule has 2 aromatic rings. The van der Waals surface area contributed by atoms with Crippen LogP contribution in [0.15, 0.2) is 42.5 Å². The van der Waals surface area contributed by atoms with Crippen molar-refractivity contribution in [3.05, 3.63) is 64.7 Å². The van der Waals surface area contributed by atoms with E-state index in [0.717, 1.165) is 30.2 Å². The van der Waals surface area contributed by atoms with Crippen LogP contribution in [0.25, 0.3) is 0 Å². The number of ether oxygens (including phenoxy) is 1. The van der Waals surface area contributed by atoms with Gasteiger partial charge in [-0.1, -0.05) is 83.9 Å². The first kappa shape index (κ1) is 29.0. The van der Waals surface area contributed by atoms with Crippen molar-refractivity contribution < 1.29 is 9.53 Å². The summed E-state index contributed by atoms with van der Waals surface area (Å²) in [6.45, 7) is 6.90. The molecule has 0 radical (unpaired) electrons. The van der Waals surface area contributed by atoms with Crippen LogP contribution in [0.2, 0.25) is 0 Å². The Balaban J connectivity index is 1.49. The fraction of sp³-hybridized carbons (Fsp3) is 0.588. The van der Waals surface area contributed by atoms with Gasteiger partial charge in [-0.25, -0.2) is 4.79 Å². The van der Waals surface area contributed by atoms with Crippen LogP contribution in [0, 0.1) is 23.2 Å². The monoisotopic (exact) mass is 501 g/mol. The van der Waals surface area contributed by atoms with E-state index in [1.54, 1.807) is 6.07 Å². The molecule has 1 aliphatic rings. The summed E-state index contributed by atoms with van der Waals surface area (Å²) >= 11 is 0. The molecule has 1 aliphatic carbocycles. The fourth-order valence-corrected chi connectivity index (χ4v) is 5.71. The third-order valence-corrected chi connectivity index (χ3v) is 8.33. The molecule has 3 nitrogen and oxygen atoms in total. The molecule has 37 heavy (non-hydrogen) atoms. The van der Waals surface area contributed by atoms with Crippen LogP contribution in [0.5, 0.6) is 5.75 Å². The van der Waals surface area contributed by atoms with Gasteiger partial charge in [0.05, 0.1) is 11.1 Å². The third-order valence-electron chi connectivity index (χ3n) is 8.33. The van der Waals surface area contributed by atoms with E-state index in [2.05, 4.69) is 39.0 Å². The molecule has 1 atom stereocenters. The van der Waals surface area contributed by atoms with E-state index in [1.165, 1.54) is 82.6 Å². The molecule has 2 aromatic carbocycles. The summed E-state index contributed by atoms with van der Waals surface area (Å²) in [6.07, 6.45) is 17.6. The van der Waals surface area contributed by atoms with E-state index in [-0.39, 0.29) is 0 Å². The average Bonchev–Trinajstić information content (AvgIpc) is 2.93. The average molecular weight is 502 g/mol. The molecule has 0 heterocycles. The van der Waals surface area contributed by atoms with Crippen molar-refractivity contribution in [1.29, 1.82) is 5.26 Å². The Hall–Kier alpha value is -2.60. The first-order valence-corrected chi connectivity index (χ1v) is 14.9. The van der Waals surface area contributed by atoms with Crippen molar-refractivity contribution in [1.82, 2.24) is 0 Å². The summed E-state index contributed by atoms with van der Waals surface area (Å²) in [4.78, 5) is 12.8. The lowest BCUT2D eigenvalue weighted by Crippen LogP contribution is -2.16. The van der Waals surface area contributed by atoms with Gasteiger partial charge >= 0.3 is 5.97 Å². The molecule has 1 saturated carbocycles. The van der Waals surface area contributed by atoms with Crippen molar-refractivity contribution in [2.75, 3.05) is 0 Å². The highest BCUT2D eigenvalue weighted by Crippen LogP contribution is 2.38. The number of carbonyl (C=O) groups is 1. The lowest BCUT2D eigenvalue weighted by molar-refractivity contribution is 0.0734. The molecule has 1 unspecified atom stereocenters.